The zero-order valence-corrected chi connectivity index (χ0v) is 39.3. The molecule has 11 nitrogen and oxygen atoms in total. The average molecular weight is 911 g/mol. The number of nitrogens with zero attached hydrogens (tertiary/aromatic N) is 2. The highest BCUT2D eigenvalue weighted by Gasteiger charge is 2.23. The highest BCUT2D eigenvalue weighted by Crippen LogP contribution is 2.25. The van der Waals surface area contributed by atoms with E-state index in [0.29, 0.717) is 84.6 Å². The molecule has 354 valence electrons. The van der Waals surface area contributed by atoms with Gasteiger partial charge in [-0.15, -0.1) is 0 Å². The van der Waals surface area contributed by atoms with Crippen molar-refractivity contribution in [3.63, 3.8) is 0 Å². The van der Waals surface area contributed by atoms with Gasteiger partial charge in [-0.1, -0.05) is 90.9 Å². The number of hydrogen-bond donors (Lipinski definition) is 0. The number of carbonyl (C=O) groups is 4. The number of anilines is 1. The van der Waals surface area contributed by atoms with Crippen molar-refractivity contribution in [1.82, 2.24) is 4.90 Å². The number of carbonyl (C=O) groups excluding carboxylic acids is 4. The van der Waals surface area contributed by atoms with Gasteiger partial charge in [-0.3, -0.25) is 4.79 Å². The third-order valence-corrected chi connectivity index (χ3v) is 11.8. The van der Waals surface area contributed by atoms with Crippen LogP contribution in [0.15, 0.2) is 121 Å². The van der Waals surface area contributed by atoms with Crippen LogP contribution >= 0.6 is 0 Å². The molecular formula is C56H66N2O9. The lowest BCUT2D eigenvalue weighted by molar-refractivity contribution is 0.0722. The van der Waals surface area contributed by atoms with Crippen LogP contribution in [0.4, 0.5) is 5.69 Å². The molecule has 0 bridgehead atoms. The molecule has 0 radical (unpaired) electrons. The van der Waals surface area contributed by atoms with Crippen LogP contribution in [0.2, 0.25) is 0 Å². The molecule has 0 saturated carbocycles. The Morgan fingerprint density at radius 1 is 0.373 bits per heavy atom. The lowest BCUT2D eigenvalue weighted by Crippen LogP contribution is -2.48. The van der Waals surface area contributed by atoms with Crippen LogP contribution < -0.4 is 28.6 Å². The Morgan fingerprint density at radius 2 is 0.687 bits per heavy atom. The van der Waals surface area contributed by atoms with E-state index in [0.717, 1.165) is 37.1 Å². The molecule has 0 atom stereocenters. The van der Waals surface area contributed by atoms with Gasteiger partial charge in [-0.05, 0) is 134 Å². The van der Waals surface area contributed by atoms with Crippen LogP contribution in [-0.2, 0) is 0 Å². The molecule has 0 aliphatic carbocycles. The standard InChI is InChI=1S/C56H66N2O9/c1-3-5-7-9-11-13-15-41-63-48-27-19-44(20-28-48)54(60)65-50-31-17-43(18-32-50)53(59)58-39-37-57(38-40-58)47-25-35-52(36-26-47)67-56(62)46-23-33-51(34-24-46)66-55(61)45-21-29-49(30-22-45)64-42-16-14-12-10-8-6-4-2/h17-36H,3-16,37-42H2,1-2H3. The predicted octanol–water partition coefficient (Wildman–Crippen LogP) is 12.6. The number of unbranched alkanes of at least 4 members (excludes halogenated alkanes) is 12. The zero-order valence-electron chi connectivity index (χ0n) is 39.3. The van der Waals surface area contributed by atoms with Crippen molar-refractivity contribution in [2.24, 2.45) is 0 Å². The van der Waals surface area contributed by atoms with Crippen molar-refractivity contribution >= 4 is 29.5 Å². The van der Waals surface area contributed by atoms with Gasteiger partial charge in [-0.2, -0.15) is 0 Å². The van der Waals surface area contributed by atoms with Gasteiger partial charge in [0, 0.05) is 37.4 Å². The van der Waals surface area contributed by atoms with Gasteiger partial charge in [-0.25, -0.2) is 14.4 Å². The first-order chi connectivity index (χ1) is 32.8. The maximum absolute atomic E-state index is 13.4. The van der Waals surface area contributed by atoms with Gasteiger partial charge in [0.1, 0.15) is 28.7 Å². The quantitative estimate of drug-likeness (QED) is 0.0301. The molecule has 0 N–H and O–H groups in total. The molecule has 0 unspecified atom stereocenters. The number of rotatable bonds is 26. The van der Waals surface area contributed by atoms with Gasteiger partial charge >= 0.3 is 17.9 Å². The molecule has 1 fully saturated rings. The van der Waals surface area contributed by atoms with Crippen LogP contribution in [0.25, 0.3) is 0 Å². The fourth-order valence-electron chi connectivity index (χ4n) is 7.77. The molecule has 1 amide bonds. The predicted molar refractivity (Wildman–Crippen MR) is 262 cm³/mol. The first-order valence-electron chi connectivity index (χ1n) is 24.3. The van der Waals surface area contributed by atoms with E-state index in [-0.39, 0.29) is 5.91 Å². The summed E-state index contributed by atoms with van der Waals surface area (Å²) < 4.78 is 28.4. The van der Waals surface area contributed by atoms with Crippen molar-refractivity contribution in [1.29, 1.82) is 0 Å². The summed E-state index contributed by atoms with van der Waals surface area (Å²) in [6.07, 6.45) is 17.1. The Balaban J connectivity index is 0.870. The van der Waals surface area contributed by atoms with E-state index in [9.17, 15) is 19.2 Å². The molecule has 67 heavy (non-hydrogen) atoms. The van der Waals surface area contributed by atoms with E-state index in [4.69, 9.17) is 23.7 Å². The summed E-state index contributed by atoms with van der Waals surface area (Å²) in [5.74, 6) is 0.864. The molecular weight excluding hydrogens is 845 g/mol. The minimum atomic E-state index is -0.541. The van der Waals surface area contributed by atoms with Gasteiger partial charge in [0.25, 0.3) is 5.91 Å². The zero-order chi connectivity index (χ0) is 47.1. The minimum absolute atomic E-state index is 0.0947. The Kier molecular flexibility index (Phi) is 20.2. The molecule has 11 heteroatoms. The van der Waals surface area contributed by atoms with Crippen molar-refractivity contribution in [2.45, 2.75) is 104 Å². The van der Waals surface area contributed by atoms with Gasteiger partial charge in [0.2, 0.25) is 0 Å². The Morgan fingerprint density at radius 3 is 1.06 bits per heavy atom. The third kappa shape index (κ3) is 16.3. The van der Waals surface area contributed by atoms with Gasteiger partial charge in [0.05, 0.1) is 29.9 Å². The monoisotopic (exact) mass is 910 g/mol. The first-order valence-corrected chi connectivity index (χ1v) is 24.3. The van der Waals surface area contributed by atoms with Crippen molar-refractivity contribution in [3.8, 4) is 28.7 Å². The average Bonchev–Trinajstić information content (AvgIpc) is 3.36. The first kappa shape index (κ1) is 49.8. The second-order valence-electron chi connectivity index (χ2n) is 17.0. The molecule has 6 rings (SSSR count). The second-order valence-corrected chi connectivity index (χ2v) is 17.0. The second kappa shape index (κ2) is 27.1. The highest BCUT2D eigenvalue weighted by molar-refractivity contribution is 5.95. The van der Waals surface area contributed by atoms with Crippen LogP contribution in [0.5, 0.6) is 28.7 Å². The molecule has 5 aromatic rings. The van der Waals surface area contributed by atoms with E-state index in [2.05, 4.69) is 18.7 Å². The summed E-state index contributed by atoms with van der Waals surface area (Å²) in [5, 5.41) is 0. The van der Waals surface area contributed by atoms with Crippen molar-refractivity contribution < 1.29 is 42.9 Å². The normalized spacial score (nSPS) is 12.3. The number of piperazine rings is 1. The van der Waals surface area contributed by atoms with Crippen LogP contribution in [0.3, 0.4) is 0 Å². The Hall–Kier alpha value is -6.62. The molecule has 0 aromatic heterocycles. The topological polar surface area (TPSA) is 121 Å². The number of amides is 1. The van der Waals surface area contributed by atoms with Crippen LogP contribution in [0.1, 0.15) is 145 Å². The SMILES string of the molecule is CCCCCCCCCOc1ccc(C(=O)Oc2ccc(C(=O)Oc3ccc(N4CCN(C(=O)c5ccc(OC(=O)c6ccc(OCCCCCCCCC)cc6)cc5)CC4)cc3)cc2)cc1. The molecule has 1 aliphatic heterocycles. The van der Waals surface area contributed by atoms with Gasteiger partial charge < -0.3 is 33.5 Å². The molecule has 5 aromatic carbocycles. The maximum Gasteiger partial charge on any atom is 0.343 e. The van der Waals surface area contributed by atoms with Crippen molar-refractivity contribution in [2.75, 3.05) is 44.3 Å². The number of ether oxygens (including phenoxy) is 5. The fourth-order valence-corrected chi connectivity index (χ4v) is 7.77. The molecule has 1 aliphatic rings. The van der Waals surface area contributed by atoms with Gasteiger partial charge in [0.15, 0.2) is 0 Å². The number of esters is 3. The summed E-state index contributed by atoms with van der Waals surface area (Å²) in [4.78, 5) is 55.9. The van der Waals surface area contributed by atoms with E-state index in [1.54, 1.807) is 109 Å². The molecule has 1 saturated heterocycles. The smallest absolute Gasteiger partial charge is 0.343 e. The number of benzene rings is 5. The third-order valence-electron chi connectivity index (χ3n) is 11.8. The summed E-state index contributed by atoms with van der Waals surface area (Å²) >= 11 is 0. The van der Waals surface area contributed by atoms with E-state index in [1.807, 2.05) is 17.0 Å². The van der Waals surface area contributed by atoms with E-state index >= 15 is 0 Å². The van der Waals surface area contributed by atoms with Crippen LogP contribution in [0, 0.1) is 0 Å². The summed E-state index contributed by atoms with van der Waals surface area (Å²) in [7, 11) is 0. The highest BCUT2D eigenvalue weighted by atomic mass is 16.5. The number of hydrogen-bond acceptors (Lipinski definition) is 10. The van der Waals surface area contributed by atoms with Crippen molar-refractivity contribution in [3.05, 3.63) is 144 Å². The summed E-state index contributed by atoms with van der Waals surface area (Å²) in [6, 6.07) is 34.0. The Labute approximate surface area is 396 Å². The lowest BCUT2D eigenvalue weighted by atomic mass is 10.1. The van der Waals surface area contributed by atoms with Crippen LogP contribution in [-0.4, -0.2) is 68.1 Å². The van der Waals surface area contributed by atoms with E-state index < -0.39 is 17.9 Å². The fraction of sp³-hybridized carbons (Fsp3) is 0.393. The minimum Gasteiger partial charge on any atom is -0.494 e. The van der Waals surface area contributed by atoms with E-state index in [1.165, 1.54) is 64.2 Å². The summed E-state index contributed by atoms with van der Waals surface area (Å²) in [5.41, 5.74) is 2.58. The molecule has 0 spiro atoms. The lowest BCUT2D eigenvalue weighted by Gasteiger charge is -2.36. The summed E-state index contributed by atoms with van der Waals surface area (Å²) in [6.45, 7) is 8.05. The Bertz CT molecular complexity index is 2270. The molecule has 1 heterocycles. The largest absolute Gasteiger partial charge is 0.494 e. The maximum atomic E-state index is 13.4.